The molecule has 0 atom stereocenters. The summed E-state index contributed by atoms with van der Waals surface area (Å²) in [5.41, 5.74) is 3.80. The van der Waals surface area contributed by atoms with E-state index in [0.717, 1.165) is 5.69 Å². The molecule has 41 heavy (non-hydrogen) atoms. The van der Waals surface area contributed by atoms with E-state index < -0.39 is 11.9 Å². The minimum atomic E-state index is -0.997. The predicted octanol–water partition coefficient (Wildman–Crippen LogP) is 6.09. The quantitative estimate of drug-likeness (QED) is 0.137. The fourth-order valence-corrected chi connectivity index (χ4v) is 3.64. The molecule has 5 N–H and O–H groups in total. The molecule has 1 heterocycles. The van der Waals surface area contributed by atoms with Crippen LogP contribution in [0.4, 0.5) is 34.9 Å². The third-order valence-corrected chi connectivity index (χ3v) is 5.71. The molecule has 208 valence electrons. The Bertz CT molecular complexity index is 1540. The van der Waals surface area contributed by atoms with E-state index in [2.05, 4.69) is 30.9 Å². The first-order chi connectivity index (χ1) is 19.7. The van der Waals surface area contributed by atoms with E-state index in [1.807, 2.05) is 24.3 Å². The van der Waals surface area contributed by atoms with Crippen LogP contribution in [-0.2, 0) is 9.59 Å². The fraction of sp³-hybridized carbons (Fsp3) is 0.100. The smallest absolute Gasteiger partial charge is 0.331 e. The Kier molecular flexibility index (Phi) is 8.90. The highest BCUT2D eigenvalue weighted by atomic mass is 16.5. The Balaban J connectivity index is 1.66. The lowest BCUT2D eigenvalue weighted by molar-refractivity contribution is -0.133. The average molecular weight is 553 g/mol. The molecule has 0 amide bonds. The second-order valence-corrected chi connectivity index (χ2v) is 8.93. The zero-order valence-corrected chi connectivity index (χ0v) is 22.5. The minimum absolute atomic E-state index is 0.204. The van der Waals surface area contributed by atoms with Crippen LogP contribution >= 0.6 is 0 Å². The molecular formula is C30H28N6O5. The van der Waals surface area contributed by atoms with Gasteiger partial charge in [-0.25, -0.2) is 9.59 Å². The number of hydrogen-bond acceptors (Lipinski definition) is 9. The maximum Gasteiger partial charge on any atom is 0.331 e. The summed E-state index contributed by atoms with van der Waals surface area (Å²) in [5, 5.41) is 27.9. The molecule has 0 aliphatic rings. The number of methoxy groups -OCH3 is 1. The van der Waals surface area contributed by atoms with Crippen LogP contribution in [0.1, 0.15) is 25.0 Å². The molecule has 1 aromatic heterocycles. The van der Waals surface area contributed by atoms with Gasteiger partial charge in [-0.2, -0.15) is 15.0 Å². The molecule has 0 bridgehead atoms. The van der Waals surface area contributed by atoms with Gasteiger partial charge in [0.2, 0.25) is 17.8 Å². The number of hydrogen-bond donors (Lipinski definition) is 5. The fourth-order valence-electron chi connectivity index (χ4n) is 3.64. The van der Waals surface area contributed by atoms with Gasteiger partial charge in [0.1, 0.15) is 5.75 Å². The Morgan fingerprint density at radius 2 is 1.07 bits per heavy atom. The number of aromatic nitrogens is 3. The standard InChI is InChI=1S/C30H28N6O5/c1-18(26(37)38)14-20-6-4-8-23(16-20)32-29-34-28(31-22-10-12-25(41-3)13-11-22)35-30(36-29)33-24-9-5-7-21(17-24)15-19(2)27(39)40/h4-17H,1-3H3,(H,37,38)(H,39,40)(H3,31,32,33,34,35,36). The topological polar surface area (TPSA) is 159 Å². The third-order valence-electron chi connectivity index (χ3n) is 5.71. The summed E-state index contributed by atoms with van der Waals surface area (Å²) in [5.74, 6) is -0.576. The average Bonchev–Trinajstić information content (AvgIpc) is 2.93. The molecule has 4 aromatic rings. The molecule has 4 rings (SSSR count). The SMILES string of the molecule is COc1ccc(Nc2nc(Nc3cccc(C=C(C)C(=O)O)c3)nc(Nc3cccc(C=C(C)C(=O)O)c3)n2)cc1. The van der Waals surface area contributed by atoms with Gasteiger partial charge in [-0.15, -0.1) is 0 Å². The lowest BCUT2D eigenvalue weighted by Gasteiger charge is -2.12. The van der Waals surface area contributed by atoms with Crippen molar-refractivity contribution in [2.75, 3.05) is 23.1 Å². The highest BCUT2D eigenvalue weighted by Crippen LogP contribution is 2.24. The van der Waals surface area contributed by atoms with Crippen LogP contribution in [0, 0.1) is 0 Å². The Labute approximate surface area is 236 Å². The number of carboxylic acids is 2. The molecule has 3 aromatic carbocycles. The summed E-state index contributed by atoms with van der Waals surface area (Å²) in [6, 6.07) is 21.6. The normalized spacial score (nSPS) is 11.5. The minimum Gasteiger partial charge on any atom is -0.497 e. The molecular weight excluding hydrogens is 524 g/mol. The van der Waals surface area contributed by atoms with E-state index in [4.69, 9.17) is 4.74 Å². The monoisotopic (exact) mass is 552 g/mol. The molecule has 0 spiro atoms. The maximum atomic E-state index is 11.2. The van der Waals surface area contributed by atoms with Gasteiger partial charge in [-0.3, -0.25) is 0 Å². The summed E-state index contributed by atoms with van der Waals surface area (Å²) in [4.78, 5) is 36.0. The molecule has 0 aliphatic heterocycles. The number of ether oxygens (including phenoxy) is 1. The van der Waals surface area contributed by atoms with Gasteiger partial charge < -0.3 is 30.9 Å². The van der Waals surface area contributed by atoms with Crippen molar-refractivity contribution in [1.29, 1.82) is 0 Å². The molecule has 0 fully saturated rings. The van der Waals surface area contributed by atoms with Gasteiger partial charge in [0.15, 0.2) is 0 Å². The van der Waals surface area contributed by atoms with Crippen LogP contribution in [0.3, 0.4) is 0 Å². The van der Waals surface area contributed by atoms with E-state index in [9.17, 15) is 19.8 Å². The second kappa shape index (κ2) is 12.9. The Morgan fingerprint density at radius 1 is 0.659 bits per heavy atom. The Hall–Kier alpha value is -5.71. The van der Waals surface area contributed by atoms with Crippen molar-refractivity contribution in [1.82, 2.24) is 15.0 Å². The van der Waals surface area contributed by atoms with Crippen LogP contribution in [0.2, 0.25) is 0 Å². The maximum absolute atomic E-state index is 11.2. The van der Waals surface area contributed by atoms with Crippen LogP contribution < -0.4 is 20.7 Å². The summed E-state index contributed by atoms with van der Waals surface area (Å²) in [7, 11) is 1.59. The molecule has 0 aliphatic carbocycles. The number of carboxylic acid groups (broad SMARTS) is 2. The number of rotatable bonds is 11. The van der Waals surface area contributed by atoms with Crippen LogP contribution in [-0.4, -0.2) is 44.2 Å². The third kappa shape index (κ3) is 8.14. The first kappa shape index (κ1) is 28.3. The van der Waals surface area contributed by atoms with Crippen LogP contribution in [0.5, 0.6) is 5.75 Å². The first-order valence-corrected chi connectivity index (χ1v) is 12.4. The number of nitrogens with one attached hydrogen (secondary N) is 3. The van der Waals surface area contributed by atoms with Gasteiger partial charge in [0.05, 0.1) is 7.11 Å². The zero-order valence-electron chi connectivity index (χ0n) is 22.5. The molecule has 0 radical (unpaired) electrons. The summed E-state index contributed by atoms with van der Waals surface area (Å²) in [6.45, 7) is 3.05. The van der Waals surface area contributed by atoms with Crippen molar-refractivity contribution in [3.05, 3.63) is 95.1 Å². The number of carbonyl (C=O) groups is 2. The van der Waals surface area contributed by atoms with Crippen molar-refractivity contribution in [3.8, 4) is 5.75 Å². The summed E-state index contributed by atoms with van der Waals surface area (Å²) >= 11 is 0. The zero-order chi connectivity index (χ0) is 29.4. The van der Waals surface area contributed by atoms with Gasteiger partial charge in [-0.1, -0.05) is 24.3 Å². The number of benzene rings is 3. The molecule has 11 nitrogen and oxygen atoms in total. The largest absolute Gasteiger partial charge is 0.497 e. The van der Waals surface area contributed by atoms with E-state index in [-0.39, 0.29) is 29.0 Å². The van der Waals surface area contributed by atoms with Gasteiger partial charge >= 0.3 is 11.9 Å². The van der Waals surface area contributed by atoms with Crippen molar-refractivity contribution in [2.24, 2.45) is 0 Å². The summed E-state index contributed by atoms with van der Waals surface area (Å²) < 4.78 is 5.22. The van der Waals surface area contributed by atoms with Gasteiger partial charge in [-0.05, 0) is 85.7 Å². The van der Waals surface area contributed by atoms with Gasteiger partial charge in [0, 0.05) is 28.2 Å². The lowest BCUT2D eigenvalue weighted by Crippen LogP contribution is -2.07. The van der Waals surface area contributed by atoms with E-state index in [1.165, 1.54) is 13.8 Å². The van der Waals surface area contributed by atoms with E-state index >= 15 is 0 Å². The highest BCUT2D eigenvalue weighted by molar-refractivity contribution is 5.92. The number of anilines is 6. The van der Waals surface area contributed by atoms with Gasteiger partial charge in [0.25, 0.3) is 0 Å². The van der Waals surface area contributed by atoms with E-state index in [0.29, 0.717) is 28.3 Å². The second-order valence-electron chi connectivity index (χ2n) is 8.93. The molecule has 0 saturated carbocycles. The van der Waals surface area contributed by atoms with Crippen molar-refractivity contribution >= 4 is 59.0 Å². The molecule has 0 unspecified atom stereocenters. The summed E-state index contributed by atoms with van der Waals surface area (Å²) in [6.07, 6.45) is 3.14. The van der Waals surface area contributed by atoms with Crippen molar-refractivity contribution < 1.29 is 24.5 Å². The number of aliphatic carboxylic acids is 2. The first-order valence-electron chi connectivity index (χ1n) is 12.4. The molecule has 11 heteroatoms. The highest BCUT2D eigenvalue weighted by Gasteiger charge is 2.10. The van der Waals surface area contributed by atoms with Crippen LogP contribution in [0.15, 0.2) is 83.9 Å². The molecule has 0 saturated heterocycles. The number of nitrogens with zero attached hydrogens (tertiary/aromatic N) is 3. The van der Waals surface area contributed by atoms with E-state index in [1.54, 1.807) is 67.8 Å². The van der Waals surface area contributed by atoms with Crippen molar-refractivity contribution in [3.63, 3.8) is 0 Å². The van der Waals surface area contributed by atoms with Crippen LogP contribution in [0.25, 0.3) is 12.2 Å². The van der Waals surface area contributed by atoms with Crippen molar-refractivity contribution in [2.45, 2.75) is 13.8 Å². The Morgan fingerprint density at radius 3 is 1.46 bits per heavy atom. The predicted molar refractivity (Wildman–Crippen MR) is 158 cm³/mol. The lowest BCUT2D eigenvalue weighted by atomic mass is 10.1.